The Morgan fingerprint density at radius 3 is 2.83 bits per heavy atom. The second-order valence-electron chi connectivity index (χ2n) is 5.40. The summed E-state index contributed by atoms with van der Waals surface area (Å²) >= 11 is 6.01. The largest absolute Gasteiger partial charge is 0.344 e. The highest BCUT2D eigenvalue weighted by Gasteiger charge is 2.19. The van der Waals surface area contributed by atoms with Crippen molar-refractivity contribution in [1.82, 2.24) is 25.3 Å². The molecular weight excluding hydrogens is 326 g/mol. The first-order valence-electron chi connectivity index (χ1n) is 7.45. The van der Waals surface area contributed by atoms with Crippen LogP contribution in [0.4, 0.5) is 0 Å². The fourth-order valence-corrected chi connectivity index (χ4v) is 2.56. The fourth-order valence-electron chi connectivity index (χ4n) is 2.37. The van der Waals surface area contributed by atoms with E-state index in [9.17, 15) is 4.79 Å². The van der Waals surface area contributed by atoms with Crippen LogP contribution in [-0.4, -0.2) is 25.9 Å². The van der Waals surface area contributed by atoms with Crippen LogP contribution in [0.25, 0.3) is 5.69 Å². The lowest BCUT2D eigenvalue weighted by Crippen LogP contribution is -2.27. The highest BCUT2D eigenvalue weighted by atomic mass is 35.5. The standard InChI is InChI=1S/C17H16ClN5O/c1-11(13-5-4-8-19-10-13)20-17(24)16-12(2)23(22-21-16)15-7-3-6-14(18)9-15/h3-11H,1-2H3,(H,20,24)/t11-/m1/s1. The Morgan fingerprint density at radius 2 is 2.12 bits per heavy atom. The molecule has 0 unspecified atom stereocenters. The number of carbonyl (C=O) groups excluding carboxylic acids is 1. The van der Waals surface area contributed by atoms with Gasteiger partial charge in [0, 0.05) is 17.4 Å². The maximum Gasteiger partial charge on any atom is 0.274 e. The minimum absolute atomic E-state index is 0.179. The van der Waals surface area contributed by atoms with E-state index in [1.165, 1.54) is 0 Å². The van der Waals surface area contributed by atoms with Gasteiger partial charge in [-0.2, -0.15) is 0 Å². The third-order valence-corrected chi connectivity index (χ3v) is 3.93. The Kier molecular flexibility index (Phi) is 4.57. The molecule has 0 aliphatic heterocycles. The van der Waals surface area contributed by atoms with Gasteiger partial charge in [-0.05, 0) is 43.7 Å². The number of amides is 1. The van der Waals surface area contributed by atoms with Crippen LogP contribution >= 0.6 is 11.6 Å². The number of benzene rings is 1. The highest BCUT2D eigenvalue weighted by molar-refractivity contribution is 6.30. The van der Waals surface area contributed by atoms with Crippen LogP contribution in [0.5, 0.6) is 0 Å². The van der Waals surface area contributed by atoms with E-state index >= 15 is 0 Å². The molecule has 1 N–H and O–H groups in total. The second kappa shape index (κ2) is 6.80. The summed E-state index contributed by atoms with van der Waals surface area (Å²) in [5.74, 6) is -0.280. The van der Waals surface area contributed by atoms with E-state index in [0.29, 0.717) is 10.7 Å². The molecule has 0 saturated carbocycles. The number of nitrogens with zero attached hydrogens (tertiary/aromatic N) is 4. The van der Waals surface area contributed by atoms with E-state index in [1.807, 2.05) is 31.2 Å². The molecule has 1 amide bonds. The molecule has 0 radical (unpaired) electrons. The molecule has 1 aromatic carbocycles. The van der Waals surface area contributed by atoms with Gasteiger partial charge >= 0.3 is 0 Å². The Labute approximate surface area is 144 Å². The summed E-state index contributed by atoms with van der Waals surface area (Å²) in [4.78, 5) is 16.5. The van der Waals surface area contributed by atoms with Crippen LogP contribution in [0.3, 0.4) is 0 Å². The van der Waals surface area contributed by atoms with Crippen LogP contribution in [0, 0.1) is 6.92 Å². The molecule has 3 aromatic rings. The summed E-state index contributed by atoms with van der Waals surface area (Å²) < 4.78 is 1.59. The molecule has 7 heteroatoms. The fraction of sp³-hybridized carbons (Fsp3) is 0.176. The van der Waals surface area contributed by atoms with Crippen molar-refractivity contribution in [1.29, 1.82) is 0 Å². The lowest BCUT2D eigenvalue weighted by Gasteiger charge is -2.13. The van der Waals surface area contributed by atoms with Crippen LogP contribution < -0.4 is 5.32 Å². The second-order valence-corrected chi connectivity index (χ2v) is 5.83. The molecule has 0 aliphatic rings. The number of hydrogen-bond acceptors (Lipinski definition) is 4. The Bertz CT molecular complexity index is 862. The van der Waals surface area contributed by atoms with Crippen LogP contribution in [0.15, 0.2) is 48.8 Å². The van der Waals surface area contributed by atoms with Crippen molar-refractivity contribution < 1.29 is 4.79 Å². The molecule has 2 heterocycles. The van der Waals surface area contributed by atoms with Crippen LogP contribution in [0.1, 0.15) is 34.7 Å². The number of aromatic nitrogens is 4. The number of hydrogen-bond donors (Lipinski definition) is 1. The summed E-state index contributed by atoms with van der Waals surface area (Å²) in [5.41, 5.74) is 2.61. The number of halogens is 1. The molecule has 24 heavy (non-hydrogen) atoms. The first-order chi connectivity index (χ1) is 11.6. The quantitative estimate of drug-likeness (QED) is 0.791. The van der Waals surface area contributed by atoms with Crippen molar-refractivity contribution in [2.75, 3.05) is 0 Å². The summed E-state index contributed by atoms with van der Waals surface area (Å²) in [6.07, 6.45) is 3.42. The van der Waals surface area contributed by atoms with E-state index in [-0.39, 0.29) is 17.6 Å². The van der Waals surface area contributed by atoms with Gasteiger partial charge < -0.3 is 5.32 Å². The summed E-state index contributed by atoms with van der Waals surface area (Å²) in [7, 11) is 0. The molecule has 122 valence electrons. The molecule has 3 rings (SSSR count). The average molecular weight is 342 g/mol. The lowest BCUT2D eigenvalue weighted by atomic mass is 10.1. The molecule has 0 aliphatic carbocycles. The van der Waals surface area contributed by atoms with Gasteiger partial charge in [0.05, 0.1) is 17.4 Å². The maximum absolute atomic E-state index is 12.5. The monoisotopic (exact) mass is 341 g/mol. The molecule has 2 aromatic heterocycles. The van der Waals surface area contributed by atoms with Gasteiger partial charge in [-0.3, -0.25) is 9.78 Å². The zero-order valence-electron chi connectivity index (χ0n) is 13.3. The van der Waals surface area contributed by atoms with Gasteiger partial charge in [0.1, 0.15) is 0 Å². The van der Waals surface area contributed by atoms with E-state index in [2.05, 4.69) is 20.6 Å². The van der Waals surface area contributed by atoms with Gasteiger partial charge in [0.15, 0.2) is 5.69 Å². The molecule has 0 bridgehead atoms. The van der Waals surface area contributed by atoms with E-state index in [0.717, 1.165) is 11.3 Å². The first kappa shape index (κ1) is 16.1. The average Bonchev–Trinajstić information content (AvgIpc) is 2.97. The summed E-state index contributed by atoms with van der Waals surface area (Å²) in [5, 5.41) is 11.6. The lowest BCUT2D eigenvalue weighted by molar-refractivity contribution is 0.0934. The zero-order valence-corrected chi connectivity index (χ0v) is 14.0. The van der Waals surface area contributed by atoms with Crippen LogP contribution in [0.2, 0.25) is 5.02 Å². The smallest absolute Gasteiger partial charge is 0.274 e. The Balaban J connectivity index is 1.82. The van der Waals surface area contributed by atoms with Crippen molar-refractivity contribution in [2.45, 2.75) is 19.9 Å². The van der Waals surface area contributed by atoms with Crippen molar-refractivity contribution in [2.24, 2.45) is 0 Å². The molecule has 6 nitrogen and oxygen atoms in total. The molecule has 1 atom stereocenters. The third kappa shape index (κ3) is 3.28. The minimum atomic E-state index is -0.280. The summed E-state index contributed by atoms with van der Waals surface area (Å²) in [6.45, 7) is 3.69. The SMILES string of the molecule is Cc1c(C(=O)N[C@H](C)c2cccnc2)nnn1-c1cccc(Cl)c1. The van der Waals surface area contributed by atoms with E-state index in [1.54, 1.807) is 36.1 Å². The number of carbonyl (C=O) groups is 1. The van der Waals surface area contributed by atoms with Crippen molar-refractivity contribution in [3.05, 3.63) is 70.8 Å². The normalized spacial score (nSPS) is 12.0. The number of pyridine rings is 1. The van der Waals surface area contributed by atoms with Gasteiger partial charge in [-0.25, -0.2) is 4.68 Å². The first-order valence-corrected chi connectivity index (χ1v) is 7.83. The van der Waals surface area contributed by atoms with Crippen LogP contribution in [-0.2, 0) is 0 Å². The molecule has 0 spiro atoms. The van der Waals surface area contributed by atoms with Gasteiger partial charge in [-0.1, -0.05) is 28.9 Å². The van der Waals surface area contributed by atoms with Gasteiger partial charge in [-0.15, -0.1) is 5.10 Å². The maximum atomic E-state index is 12.5. The molecule has 0 fully saturated rings. The highest BCUT2D eigenvalue weighted by Crippen LogP contribution is 2.17. The molecular formula is C17H16ClN5O. The van der Waals surface area contributed by atoms with Crippen molar-refractivity contribution in [3.8, 4) is 5.69 Å². The van der Waals surface area contributed by atoms with Gasteiger partial charge in [0.25, 0.3) is 5.91 Å². The van der Waals surface area contributed by atoms with Gasteiger partial charge in [0.2, 0.25) is 0 Å². The van der Waals surface area contributed by atoms with E-state index < -0.39 is 0 Å². The Morgan fingerprint density at radius 1 is 1.29 bits per heavy atom. The zero-order chi connectivity index (χ0) is 17.1. The summed E-state index contributed by atoms with van der Waals surface area (Å²) in [6, 6.07) is 10.8. The minimum Gasteiger partial charge on any atom is -0.344 e. The molecule has 0 saturated heterocycles. The third-order valence-electron chi connectivity index (χ3n) is 3.69. The Hall–Kier alpha value is -2.73. The number of nitrogens with one attached hydrogen (secondary N) is 1. The predicted molar refractivity (Wildman–Crippen MR) is 91.2 cm³/mol. The number of rotatable bonds is 4. The van der Waals surface area contributed by atoms with Crippen molar-refractivity contribution >= 4 is 17.5 Å². The predicted octanol–water partition coefficient (Wildman–Crippen LogP) is 3.12. The van der Waals surface area contributed by atoms with E-state index in [4.69, 9.17) is 11.6 Å². The van der Waals surface area contributed by atoms with Crippen molar-refractivity contribution in [3.63, 3.8) is 0 Å². The topological polar surface area (TPSA) is 72.7 Å².